The van der Waals surface area contributed by atoms with Crippen molar-refractivity contribution in [1.82, 2.24) is 16.0 Å². The van der Waals surface area contributed by atoms with Gasteiger partial charge < -0.3 is 25.4 Å². The number of rotatable bonds is 8. The fourth-order valence-electron chi connectivity index (χ4n) is 1.69. The second-order valence-electron chi connectivity index (χ2n) is 6.67. The molecule has 0 aromatic rings. The highest BCUT2D eigenvalue weighted by Gasteiger charge is 2.27. The van der Waals surface area contributed by atoms with Crippen LogP contribution in [0.25, 0.3) is 0 Å². The van der Waals surface area contributed by atoms with Gasteiger partial charge in [0.25, 0.3) is 0 Å². The van der Waals surface area contributed by atoms with Gasteiger partial charge in [0, 0.05) is 0 Å². The molecule has 0 saturated carbocycles. The summed E-state index contributed by atoms with van der Waals surface area (Å²) in [7, 11) is 0. The Morgan fingerprint density at radius 3 is 2.08 bits per heavy atom. The Kier molecular flexibility index (Phi) is 9.55. The van der Waals surface area contributed by atoms with Gasteiger partial charge in [0.05, 0.1) is 13.2 Å². The van der Waals surface area contributed by atoms with Crippen molar-refractivity contribution < 1.29 is 28.7 Å². The van der Waals surface area contributed by atoms with Gasteiger partial charge in [0.2, 0.25) is 11.8 Å². The maximum Gasteiger partial charge on any atom is 0.408 e. The van der Waals surface area contributed by atoms with Crippen LogP contribution in [0.4, 0.5) is 4.79 Å². The van der Waals surface area contributed by atoms with Gasteiger partial charge in [0.15, 0.2) is 0 Å². The highest BCUT2D eigenvalue weighted by atomic mass is 16.6. The summed E-state index contributed by atoms with van der Waals surface area (Å²) < 4.78 is 9.79. The molecule has 0 radical (unpaired) electrons. The molecule has 9 nitrogen and oxygen atoms in total. The summed E-state index contributed by atoms with van der Waals surface area (Å²) in [5, 5.41) is 7.22. The van der Waals surface area contributed by atoms with Gasteiger partial charge in [-0.1, -0.05) is 13.8 Å². The molecule has 9 heteroatoms. The first-order chi connectivity index (χ1) is 11.5. The molecule has 0 saturated heterocycles. The van der Waals surface area contributed by atoms with Gasteiger partial charge in [-0.2, -0.15) is 0 Å². The molecule has 3 N–H and O–H groups in total. The Morgan fingerprint density at radius 1 is 1.00 bits per heavy atom. The van der Waals surface area contributed by atoms with Gasteiger partial charge in [-0.05, 0) is 33.6 Å². The lowest BCUT2D eigenvalue weighted by atomic mass is 10.0. The molecule has 0 spiro atoms. The highest BCUT2D eigenvalue weighted by molar-refractivity contribution is 5.90. The number of carbonyl (C=O) groups is 4. The standard InChI is InChI=1S/C16H29N3O6/c1-7-24-12(21)9-17-11(20)8-18-14(22)13(10(2)3)19-15(23)25-16(4,5)6/h10,13H,7-9H2,1-6H3,(H,17,20)(H,18,22)(H,19,23). The number of carbonyl (C=O) groups excluding carboxylic acids is 4. The molecule has 0 fully saturated rings. The van der Waals surface area contributed by atoms with E-state index >= 15 is 0 Å². The second-order valence-corrected chi connectivity index (χ2v) is 6.67. The molecule has 1 unspecified atom stereocenters. The average molecular weight is 359 g/mol. The van der Waals surface area contributed by atoms with Crippen LogP contribution < -0.4 is 16.0 Å². The minimum absolute atomic E-state index is 0.213. The monoisotopic (exact) mass is 359 g/mol. The molecule has 25 heavy (non-hydrogen) atoms. The topological polar surface area (TPSA) is 123 Å². The van der Waals surface area contributed by atoms with Crippen LogP contribution in [0.2, 0.25) is 0 Å². The predicted molar refractivity (Wildman–Crippen MR) is 90.6 cm³/mol. The zero-order chi connectivity index (χ0) is 19.6. The molecule has 0 rings (SSSR count). The van der Waals surface area contributed by atoms with E-state index in [4.69, 9.17) is 4.74 Å². The zero-order valence-corrected chi connectivity index (χ0v) is 15.7. The fourth-order valence-corrected chi connectivity index (χ4v) is 1.69. The number of ether oxygens (including phenoxy) is 2. The van der Waals surface area contributed by atoms with Gasteiger partial charge in [-0.25, -0.2) is 4.79 Å². The predicted octanol–water partition coefficient (Wildman–Crippen LogP) is 0.331. The van der Waals surface area contributed by atoms with Crippen molar-refractivity contribution in [2.24, 2.45) is 5.92 Å². The Balaban J connectivity index is 4.44. The molecule has 144 valence electrons. The second kappa shape index (κ2) is 10.5. The largest absolute Gasteiger partial charge is 0.465 e. The third kappa shape index (κ3) is 11.0. The molecular formula is C16H29N3O6. The van der Waals surface area contributed by atoms with E-state index in [1.54, 1.807) is 41.5 Å². The van der Waals surface area contributed by atoms with Crippen molar-refractivity contribution in [3.63, 3.8) is 0 Å². The molecular weight excluding hydrogens is 330 g/mol. The molecule has 0 aliphatic heterocycles. The number of esters is 1. The van der Waals surface area contributed by atoms with E-state index in [1.807, 2.05) is 0 Å². The molecule has 0 heterocycles. The summed E-state index contributed by atoms with van der Waals surface area (Å²) in [6.07, 6.45) is -0.715. The van der Waals surface area contributed by atoms with E-state index in [0.29, 0.717) is 0 Å². The normalized spacial score (nSPS) is 12.1. The van der Waals surface area contributed by atoms with Crippen LogP contribution in [0, 0.1) is 5.92 Å². The summed E-state index contributed by atoms with van der Waals surface area (Å²) in [6.45, 7) is 9.93. The first-order valence-corrected chi connectivity index (χ1v) is 8.15. The highest BCUT2D eigenvalue weighted by Crippen LogP contribution is 2.08. The van der Waals surface area contributed by atoms with Crippen LogP contribution in [0.1, 0.15) is 41.5 Å². The van der Waals surface area contributed by atoms with Crippen LogP contribution in [-0.4, -0.2) is 55.2 Å². The van der Waals surface area contributed by atoms with Crippen molar-refractivity contribution in [2.75, 3.05) is 19.7 Å². The third-order valence-corrected chi connectivity index (χ3v) is 2.78. The first kappa shape index (κ1) is 22.7. The number of nitrogens with one attached hydrogen (secondary N) is 3. The SMILES string of the molecule is CCOC(=O)CNC(=O)CNC(=O)C(NC(=O)OC(C)(C)C)C(C)C. The third-order valence-electron chi connectivity index (χ3n) is 2.78. The molecule has 0 bridgehead atoms. The van der Waals surface area contributed by atoms with Gasteiger partial charge >= 0.3 is 12.1 Å². The van der Waals surface area contributed by atoms with Crippen molar-refractivity contribution >= 4 is 23.9 Å². The van der Waals surface area contributed by atoms with Crippen molar-refractivity contribution in [1.29, 1.82) is 0 Å². The Morgan fingerprint density at radius 2 is 1.60 bits per heavy atom. The van der Waals surface area contributed by atoms with Crippen molar-refractivity contribution in [3.05, 3.63) is 0 Å². The Bertz CT molecular complexity index is 485. The van der Waals surface area contributed by atoms with Gasteiger partial charge in [-0.3, -0.25) is 14.4 Å². The zero-order valence-electron chi connectivity index (χ0n) is 15.7. The number of hydrogen-bond acceptors (Lipinski definition) is 6. The fraction of sp³-hybridized carbons (Fsp3) is 0.750. The van der Waals surface area contributed by atoms with E-state index in [2.05, 4.69) is 20.7 Å². The maximum absolute atomic E-state index is 12.2. The number of alkyl carbamates (subject to hydrolysis) is 1. The quantitative estimate of drug-likeness (QED) is 0.537. The number of amides is 3. The van der Waals surface area contributed by atoms with Crippen molar-refractivity contribution in [2.45, 2.75) is 53.2 Å². The summed E-state index contributed by atoms with van der Waals surface area (Å²) in [5.41, 5.74) is -0.685. The summed E-state index contributed by atoms with van der Waals surface area (Å²) >= 11 is 0. The molecule has 0 aromatic carbocycles. The Labute approximate surface area is 148 Å². The Hall–Kier alpha value is -2.32. The van der Waals surface area contributed by atoms with E-state index in [1.165, 1.54) is 0 Å². The molecule has 0 aliphatic rings. The van der Waals surface area contributed by atoms with Crippen LogP contribution in [0.15, 0.2) is 0 Å². The summed E-state index contributed by atoms with van der Waals surface area (Å²) in [6, 6.07) is -0.854. The van der Waals surface area contributed by atoms with Gasteiger partial charge in [0.1, 0.15) is 18.2 Å². The van der Waals surface area contributed by atoms with Gasteiger partial charge in [-0.15, -0.1) is 0 Å². The minimum Gasteiger partial charge on any atom is -0.465 e. The van der Waals surface area contributed by atoms with E-state index in [-0.39, 0.29) is 25.6 Å². The van der Waals surface area contributed by atoms with E-state index < -0.39 is 35.5 Å². The molecule has 1 atom stereocenters. The number of hydrogen-bond donors (Lipinski definition) is 3. The lowest BCUT2D eigenvalue weighted by molar-refractivity contribution is -0.143. The maximum atomic E-state index is 12.2. The van der Waals surface area contributed by atoms with Crippen LogP contribution >= 0.6 is 0 Å². The average Bonchev–Trinajstić information content (AvgIpc) is 2.46. The summed E-state index contributed by atoms with van der Waals surface area (Å²) in [5.74, 6) is -1.84. The molecule has 0 aromatic heterocycles. The van der Waals surface area contributed by atoms with E-state index in [9.17, 15) is 19.2 Å². The lowest BCUT2D eigenvalue weighted by Crippen LogP contribution is -2.52. The molecule has 3 amide bonds. The minimum atomic E-state index is -0.854. The van der Waals surface area contributed by atoms with Crippen LogP contribution in [0.3, 0.4) is 0 Å². The van der Waals surface area contributed by atoms with E-state index in [0.717, 1.165) is 0 Å². The summed E-state index contributed by atoms with van der Waals surface area (Å²) in [4.78, 5) is 46.7. The van der Waals surface area contributed by atoms with Crippen LogP contribution in [-0.2, 0) is 23.9 Å². The van der Waals surface area contributed by atoms with Crippen LogP contribution in [0.5, 0.6) is 0 Å². The lowest BCUT2D eigenvalue weighted by Gasteiger charge is -2.25. The first-order valence-electron chi connectivity index (χ1n) is 8.15. The van der Waals surface area contributed by atoms with Crippen molar-refractivity contribution in [3.8, 4) is 0 Å². The smallest absolute Gasteiger partial charge is 0.408 e. The molecule has 0 aliphatic carbocycles.